The smallest absolute Gasteiger partial charge is 0.271 e. The molecule has 7 heteroatoms. The number of carbonyl (C=O) groups excluding carboxylic acids is 1. The van der Waals surface area contributed by atoms with Crippen LogP contribution in [0.5, 0.6) is 0 Å². The van der Waals surface area contributed by atoms with Crippen molar-refractivity contribution in [1.82, 2.24) is 9.88 Å². The molecule has 1 atom stereocenters. The average Bonchev–Trinajstić information content (AvgIpc) is 2.70. The molecule has 3 rings (SSSR count). The van der Waals surface area contributed by atoms with Crippen LogP contribution in [0.25, 0.3) is 22.0 Å². The van der Waals surface area contributed by atoms with E-state index in [0.717, 1.165) is 22.1 Å². The van der Waals surface area contributed by atoms with Gasteiger partial charge < -0.3 is 19.8 Å². The standard InChI is InChI=1S/C25H29ClN2O4/c1-14-13-19-17(11-12-18(27-19)23(29)28(5)6)21(15-7-9-16(26)10-8-15)20(14)22(24(30)31)32-25(2,3)4/h7-13,22,24,30-31H,1-6H3/t22-/m0/s1. The number of fused-ring (bicyclic) bond motifs is 1. The average molecular weight is 457 g/mol. The van der Waals surface area contributed by atoms with Crippen LogP contribution in [0.1, 0.15) is 48.5 Å². The van der Waals surface area contributed by atoms with Gasteiger partial charge in [0.15, 0.2) is 6.29 Å². The molecule has 0 radical (unpaired) electrons. The number of nitrogens with zero attached hydrogens (tertiary/aromatic N) is 2. The van der Waals surface area contributed by atoms with Gasteiger partial charge in [-0.05, 0) is 80.3 Å². The third-order valence-corrected chi connectivity index (χ3v) is 5.29. The minimum atomic E-state index is -1.74. The van der Waals surface area contributed by atoms with Crippen LogP contribution in [0.15, 0.2) is 42.5 Å². The Labute approximate surface area is 193 Å². The highest BCUT2D eigenvalue weighted by Gasteiger charge is 2.31. The van der Waals surface area contributed by atoms with Gasteiger partial charge >= 0.3 is 0 Å². The number of aryl methyl sites for hydroxylation is 1. The lowest BCUT2D eigenvalue weighted by Crippen LogP contribution is -2.30. The van der Waals surface area contributed by atoms with Crippen molar-refractivity contribution < 1.29 is 19.7 Å². The second-order valence-corrected chi connectivity index (χ2v) is 9.45. The van der Waals surface area contributed by atoms with E-state index in [1.807, 2.05) is 52.0 Å². The van der Waals surface area contributed by atoms with Crippen LogP contribution in [0.4, 0.5) is 0 Å². The first-order chi connectivity index (χ1) is 14.9. The van der Waals surface area contributed by atoms with Crippen molar-refractivity contribution in [3.63, 3.8) is 0 Å². The third kappa shape index (κ3) is 5.10. The number of aliphatic hydroxyl groups is 2. The number of carbonyl (C=O) groups is 1. The lowest BCUT2D eigenvalue weighted by Gasteiger charge is -2.32. The number of ether oxygens (including phenoxy) is 1. The van der Waals surface area contributed by atoms with Crippen LogP contribution in [-0.4, -0.2) is 52.0 Å². The molecular weight excluding hydrogens is 428 g/mol. The summed E-state index contributed by atoms with van der Waals surface area (Å²) in [5, 5.41) is 21.9. The number of hydrogen-bond donors (Lipinski definition) is 2. The summed E-state index contributed by atoms with van der Waals surface area (Å²) in [5.74, 6) is -0.193. The Kier molecular flexibility index (Phi) is 6.91. The van der Waals surface area contributed by atoms with Crippen LogP contribution in [0.2, 0.25) is 5.02 Å². The highest BCUT2D eigenvalue weighted by Crippen LogP contribution is 2.41. The van der Waals surface area contributed by atoms with Gasteiger partial charge in [0.2, 0.25) is 0 Å². The lowest BCUT2D eigenvalue weighted by atomic mass is 9.88. The third-order valence-electron chi connectivity index (χ3n) is 5.04. The molecule has 0 aliphatic rings. The summed E-state index contributed by atoms with van der Waals surface area (Å²) < 4.78 is 6.09. The van der Waals surface area contributed by atoms with E-state index in [9.17, 15) is 15.0 Å². The van der Waals surface area contributed by atoms with Crippen LogP contribution < -0.4 is 0 Å². The van der Waals surface area contributed by atoms with E-state index >= 15 is 0 Å². The monoisotopic (exact) mass is 456 g/mol. The molecule has 0 saturated heterocycles. The molecule has 1 heterocycles. The van der Waals surface area contributed by atoms with E-state index in [2.05, 4.69) is 4.98 Å². The summed E-state index contributed by atoms with van der Waals surface area (Å²) in [5.41, 5.74) is 3.36. The molecule has 1 aromatic heterocycles. The molecule has 0 aliphatic heterocycles. The molecule has 0 saturated carbocycles. The quantitative estimate of drug-likeness (QED) is 0.542. The fourth-order valence-corrected chi connectivity index (χ4v) is 3.84. The summed E-state index contributed by atoms with van der Waals surface area (Å²) >= 11 is 6.11. The first kappa shape index (κ1) is 24.1. The van der Waals surface area contributed by atoms with Crippen molar-refractivity contribution >= 4 is 28.4 Å². The number of aromatic nitrogens is 1. The number of halogens is 1. The number of pyridine rings is 1. The maximum Gasteiger partial charge on any atom is 0.271 e. The molecule has 0 fully saturated rings. The highest BCUT2D eigenvalue weighted by atomic mass is 35.5. The summed E-state index contributed by atoms with van der Waals surface area (Å²) in [7, 11) is 3.36. The van der Waals surface area contributed by atoms with Crippen molar-refractivity contribution in [3.05, 3.63) is 64.3 Å². The number of amides is 1. The molecule has 0 aliphatic carbocycles. The van der Waals surface area contributed by atoms with Crippen LogP contribution in [0, 0.1) is 6.92 Å². The Morgan fingerprint density at radius 1 is 1.09 bits per heavy atom. The number of aliphatic hydroxyl groups excluding tert-OH is 1. The van der Waals surface area contributed by atoms with E-state index < -0.39 is 18.0 Å². The summed E-state index contributed by atoms with van der Waals surface area (Å²) in [6.07, 6.45) is -2.73. The van der Waals surface area contributed by atoms with Crippen LogP contribution in [-0.2, 0) is 4.74 Å². The minimum Gasteiger partial charge on any atom is -0.366 e. The molecule has 1 amide bonds. The maximum atomic E-state index is 12.4. The Morgan fingerprint density at radius 2 is 1.72 bits per heavy atom. The van der Waals surface area contributed by atoms with E-state index in [1.165, 1.54) is 4.90 Å². The van der Waals surface area contributed by atoms with Crippen LogP contribution in [0.3, 0.4) is 0 Å². The van der Waals surface area contributed by atoms with Gasteiger partial charge in [-0.15, -0.1) is 0 Å². The van der Waals surface area contributed by atoms with E-state index in [0.29, 0.717) is 21.8 Å². The molecular formula is C25H29ClN2O4. The largest absolute Gasteiger partial charge is 0.366 e. The molecule has 170 valence electrons. The van der Waals surface area contributed by atoms with E-state index in [1.54, 1.807) is 32.3 Å². The van der Waals surface area contributed by atoms with E-state index in [4.69, 9.17) is 16.3 Å². The van der Waals surface area contributed by atoms with E-state index in [-0.39, 0.29) is 5.91 Å². The summed E-state index contributed by atoms with van der Waals surface area (Å²) in [6, 6.07) is 12.7. The Morgan fingerprint density at radius 3 is 2.25 bits per heavy atom. The number of rotatable bonds is 5. The van der Waals surface area contributed by atoms with Gasteiger partial charge in [0.05, 0.1) is 11.1 Å². The van der Waals surface area contributed by atoms with Gasteiger partial charge in [0.25, 0.3) is 5.91 Å². The second-order valence-electron chi connectivity index (χ2n) is 9.02. The minimum absolute atomic E-state index is 0.193. The second kappa shape index (κ2) is 9.16. The number of benzene rings is 2. The zero-order valence-corrected chi connectivity index (χ0v) is 19.9. The molecule has 3 aromatic rings. The topological polar surface area (TPSA) is 82.9 Å². The Hall–Kier alpha value is -2.51. The van der Waals surface area contributed by atoms with Crippen molar-refractivity contribution in [2.24, 2.45) is 0 Å². The van der Waals surface area contributed by atoms with Crippen LogP contribution >= 0.6 is 11.6 Å². The molecule has 32 heavy (non-hydrogen) atoms. The fourth-order valence-electron chi connectivity index (χ4n) is 3.71. The number of hydrogen-bond acceptors (Lipinski definition) is 5. The first-order valence-corrected chi connectivity index (χ1v) is 10.7. The molecule has 0 bridgehead atoms. The SMILES string of the molecule is Cc1cc2nc(C(=O)N(C)C)ccc2c(-c2ccc(Cl)cc2)c1[C@H](OC(C)(C)C)C(O)O. The lowest BCUT2D eigenvalue weighted by molar-refractivity contribution is -0.185. The highest BCUT2D eigenvalue weighted by molar-refractivity contribution is 6.30. The summed E-state index contributed by atoms with van der Waals surface area (Å²) in [6.45, 7) is 7.46. The zero-order chi connectivity index (χ0) is 23.8. The van der Waals surface area contributed by atoms with Crippen molar-refractivity contribution in [1.29, 1.82) is 0 Å². The van der Waals surface area contributed by atoms with Gasteiger partial charge in [-0.2, -0.15) is 0 Å². The Balaban J connectivity index is 2.36. The van der Waals surface area contributed by atoms with Gasteiger partial charge in [0.1, 0.15) is 11.8 Å². The zero-order valence-electron chi connectivity index (χ0n) is 19.2. The maximum absolute atomic E-state index is 12.4. The normalized spacial score (nSPS) is 12.9. The predicted molar refractivity (Wildman–Crippen MR) is 127 cm³/mol. The summed E-state index contributed by atoms with van der Waals surface area (Å²) in [4.78, 5) is 18.5. The molecule has 0 unspecified atom stereocenters. The molecule has 6 nitrogen and oxygen atoms in total. The molecule has 0 spiro atoms. The van der Waals surface area contributed by atoms with Crippen molar-refractivity contribution in [3.8, 4) is 11.1 Å². The predicted octanol–water partition coefficient (Wildman–Crippen LogP) is 4.73. The van der Waals surface area contributed by atoms with Crippen molar-refractivity contribution in [2.45, 2.75) is 45.7 Å². The van der Waals surface area contributed by atoms with Gasteiger partial charge in [0, 0.05) is 24.5 Å². The Bertz CT molecular complexity index is 1140. The first-order valence-electron chi connectivity index (χ1n) is 10.3. The van der Waals surface area contributed by atoms with Gasteiger partial charge in [-0.1, -0.05) is 23.7 Å². The van der Waals surface area contributed by atoms with Crippen molar-refractivity contribution in [2.75, 3.05) is 14.1 Å². The van der Waals surface area contributed by atoms with Gasteiger partial charge in [-0.3, -0.25) is 4.79 Å². The molecule has 2 N–H and O–H groups in total. The molecule has 2 aromatic carbocycles. The fraction of sp³-hybridized carbons (Fsp3) is 0.360. The van der Waals surface area contributed by atoms with Gasteiger partial charge in [-0.25, -0.2) is 4.98 Å².